The maximum absolute atomic E-state index is 14.8. The number of aryl methyl sites for hydroxylation is 1. The Morgan fingerprint density at radius 3 is 2.43 bits per heavy atom. The molecule has 2 atom stereocenters. The maximum atomic E-state index is 14.8. The Morgan fingerprint density at radius 1 is 1.25 bits per heavy atom. The summed E-state index contributed by atoms with van der Waals surface area (Å²) >= 11 is 0. The molecule has 0 radical (unpaired) electrons. The van der Waals surface area contributed by atoms with Crippen molar-refractivity contribution in [2.75, 3.05) is 18.9 Å². The molecule has 3 rings (SSSR count). The standard InChI is InChI=1S/C22H22F4N2/c1-5-14-16-10-13(3)28(11-20(25)26)22(15(16)6-7-19(14)27-4)21-17(23)8-12(2)9-18(21)24/h1,6-9,13,20,22,27H,10-11H2,2-4H3/t13-,22?/m1/s1. The summed E-state index contributed by atoms with van der Waals surface area (Å²) in [6.45, 7) is 2.77. The Labute approximate surface area is 162 Å². The van der Waals surface area contributed by atoms with Crippen LogP contribution in [0.5, 0.6) is 0 Å². The topological polar surface area (TPSA) is 15.3 Å². The van der Waals surface area contributed by atoms with Crippen LogP contribution in [0.25, 0.3) is 0 Å². The molecule has 28 heavy (non-hydrogen) atoms. The van der Waals surface area contributed by atoms with Gasteiger partial charge in [-0.05, 0) is 55.2 Å². The third-order valence-electron chi connectivity index (χ3n) is 5.30. The first-order chi connectivity index (χ1) is 13.3. The number of alkyl halides is 2. The molecule has 1 aliphatic rings. The Hall–Kier alpha value is -2.52. The van der Waals surface area contributed by atoms with Gasteiger partial charge in [0.15, 0.2) is 0 Å². The van der Waals surface area contributed by atoms with Gasteiger partial charge in [0.05, 0.1) is 18.2 Å². The number of terminal acetylenes is 1. The second-order valence-electron chi connectivity index (χ2n) is 7.14. The normalized spacial score (nSPS) is 19.4. The van der Waals surface area contributed by atoms with Gasteiger partial charge in [-0.15, -0.1) is 6.42 Å². The Balaban J connectivity index is 2.29. The summed E-state index contributed by atoms with van der Waals surface area (Å²) in [7, 11) is 1.73. The lowest BCUT2D eigenvalue weighted by atomic mass is 9.81. The minimum absolute atomic E-state index is 0.223. The Morgan fingerprint density at radius 2 is 1.89 bits per heavy atom. The van der Waals surface area contributed by atoms with Crippen LogP contribution in [0.1, 0.15) is 40.8 Å². The third-order valence-corrected chi connectivity index (χ3v) is 5.30. The largest absolute Gasteiger partial charge is 0.387 e. The number of hydrogen-bond acceptors (Lipinski definition) is 2. The molecule has 2 nitrogen and oxygen atoms in total. The highest BCUT2D eigenvalue weighted by atomic mass is 19.3. The molecule has 0 amide bonds. The molecule has 0 fully saturated rings. The quantitative estimate of drug-likeness (QED) is 0.590. The van der Waals surface area contributed by atoms with Gasteiger partial charge in [0.1, 0.15) is 11.6 Å². The van der Waals surface area contributed by atoms with Crippen molar-refractivity contribution in [1.29, 1.82) is 0 Å². The number of fused-ring (bicyclic) bond motifs is 1. The molecule has 0 spiro atoms. The minimum Gasteiger partial charge on any atom is -0.387 e. The van der Waals surface area contributed by atoms with E-state index >= 15 is 0 Å². The van der Waals surface area contributed by atoms with Crippen LogP contribution in [0.3, 0.4) is 0 Å². The van der Waals surface area contributed by atoms with Crippen molar-refractivity contribution in [3.05, 3.63) is 63.7 Å². The molecular weight excluding hydrogens is 368 g/mol. The molecule has 6 heteroatoms. The van der Waals surface area contributed by atoms with Gasteiger partial charge < -0.3 is 5.32 Å². The molecule has 1 unspecified atom stereocenters. The van der Waals surface area contributed by atoms with Gasteiger partial charge in [-0.2, -0.15) is 0 Å². The van der Waals surface area contributed by atoms with E-state index in [0.29, 0.717) is 23.1 Å². The molecule has 1 heterocycles. The zero-order chi connectivity index (χ0) is 20.6. The van der Waals surface area contributed by atoms with Crippen LogP contribution in [0, 0.1) is 30.9 Å². The Kier molecular flexibility index (Phi) is 5.66. The van der Waals surface area contributed by atoms with E-state index in [1.165, 1.54) is 17.0 Å². The van der Waals surface area contributed by atoms with Crippen LogP contribution in [-0.4, -0.2) is 31.0 Å². The fourth-order valence-electron chi connectivity index (χ4n) is 4.10. The highest BCUT2D eigenvalue weighted by Gasteiger charge is 2.38. The summed E-state index contributed by atoms with van der Waals surface area (Å²) in [6, 6.07) is 4.54. The van der Waals surface area contributed by atoms with Gasteiger partial charge in [-0.25, -0.2) is 17.6 Å². The summed E-state index contributed by atoms with van der Waals surface area (Å²) in [4.78, 5) is 1.46. The average molecular weight is 390 g/mol. The first kappa shape index (κ1) is 20.2. The van der Waals surface area contributed by atoms with E-state index in [2.05, 4.69) is 11.2 Å². The van der Waals surface area contributed by atoms with Crippen molar-refractivity contribution < 1.29 is 17.6 Å². The van der Waals surface area contributed by atoms with Crippen molar-refractivity contribution in [3.8, 4) is 12.3 Å². The summed E-state index contributed by atoms with van der Waals surface area (Å²) in [5.74, 6) is 1.15. The van der Waals surface area contributed by atoms with Crippen LogP contribution in [-0.2, 0) is 6.42 Å². The summed E-state index contributed by atoms with van der Waals surface area (Å²) in [6.07, 6.45) is 3.49. The SMILES string of the molecule is C#Cc1c(NC)ccc2c1C[C@@H](C)N(CC(F)F)C2c1c(F)cc(C)cc1F. The number of nitrogens with one attached hydrogen (secondary N) is 1. The number of anilines is 1. The van der Waals surface area contributed by atoms with E-state index in [-0.39, 0.29) is 11.6 Å². The van der Waals surface area contributed by atoms with Crippen molar-refractivity contribution in [2.45, 2.75) is 38.8 Å². The Bertz CT molecular complexity index is 910. The molecule has 2 aromatic carbocycles. The number of halogens is 4. The van der Waals surface area contributed by atoms with Gasteiger partial charge in [0.2, 0.25) is 0 Å². The number of hydrogen-bond donors (Lipinski definition) is 1. The van der Waals surface area contributed by atoms with Crippen LogP contribution >= 0.6 is 0 Å². The zero-order valence-electron chi connectivity index (χ0n) is 16.0. The van der Waals surface area contributed by atoms with Crippen molar-refractivity contribution in [1.82, 2.24) is 4.90 Å². The number of benzene rings is 2. The zero-order valence-corrected chi connectivity index (χ0v) is 16.0. The van der Waals surface area contributed by atoms with Crippen LogP contribution in [0.2, 0.25) is 0 Å². The molecule has 0 saturated carbocycles. The average Bonchev–Trinajstić information content (AvgIpc) is 2.61. The second kappa shape index (κ2) is 7.84. The van der Waals surface area contributed by atoms with Crippen molar-refractivity contribution in [2.24, 2.45) is 0 Å². The fraction of sp³-hybridized carbons (Fsp3) is 0.364. The van der Waals surface area contributed by atoms with E-state index in [1.807, 2.05) is 0 Å². The molecular formula is C22H22F4N2. The van der Waals surface area contributed by atoms with Crippen molar-refractivity contribution >= 4 is 5.69 Å². The fourth-order valence-corrected chi connectivity index (χ4v) is 4.10. The van der Waals surface area contributed by atoms with Gasteiger partial charge in [0.25, 0.3) is 6.43 Å². The second-order valence-corrected chi connectivity index (χ2v) is 7.14. The van der Waals surface area contributed by atoms with Crippen LogP contribution in [0.15, 0.2) is 24.3 Å². The van der Waals surface area contributed by atoms with E-state index in [1.54, 1.807) is 33.0 Å². The predicted octanol–water partition coefficient (Wildman–Crippen LogP) is 4.90. The lowest BCUT2D eigenvalue weighted by Gasteiger charge is -2.42. The minimum atomic E-state index is -2.63. The molecule has 1 N–H and O–H groups in total. The summed E-state index contributed by atoms with van der Waals surface area (Å²) in [5.41, 5.74) is 2.85. The van der Waals surface area contributed by atoms with Gasteiger partial charge >= 0.3 is 0 Å². The molecule has 2 aromatic rings. The van der Waals surface area contributed by atoms with E-state index in [4.69, 9.17) is 6.42 Å². The molecule has 0 saturated heterocycles. The molecule has 1 aliphatic heterocycles. The number of rotatable bonds is 4. The van der Waals surface area contributed by atoms with Gasteiger partial charge in [-0.3, -0.25) is 4.90 Å². The molecule has 0 aliphatic carbocycles. The number of nitrogens with zero attached hydrogens (tertiary/aromatic N) is 1. The van der Waals surface area contributed by atoms with E-state index in [0.717, 1.165) is 11.3 Å². The molecule has 0 bridgehead atoms. The smallest absolute Gasteiger partial charge is 0.251 e. The van der Waals surface area contributed by atoms with Gasteiger partial charge in [0, 0.05) is 24.3 Å². The summed E-state index contributed by atoms with van der Waals surface area (Å²) in [5, 5.41) is 3.02. The molecule has 0 aromatic heterocycles. The first-order valence-electron chi connectivity index (χ1n) is 9.08. The lowest BCUT2D eigenvalue weighted by molar-refractivity contribution is 0.0445. The highest BCUT2D eigenvalue weighted by Crippen LogP contribution is 2.42. The predicted molar refractivity (Wildman–Crippen MR) is 103 cm³/mol. The first-order valence-corrected chi connectivity index (χ1v) is 9.08. The maximum Gasteiger partial charge on any atom is 0.251 e. The molecule has 148 valence electrons. The van der Waals surface area contributed by atoms with Gasteiger partial charge in [-0.1, -0.05) is 12.0 Å². The monoisotopic (exact) mass is 390 g/mol. The van der Waals surface area contributed by atoms with Crippen molar-refractivity contribution in [3.63, 3.8) is 0 Å². The third kappa shape index (κ3) is 3.47. The lowest BCUT2D eigenvalue weighted by Crippen LogP contribution is -2.45. The van der Waals surface area contributed by atoms with Crippen LogP contribution in [0.4, 0.5) is 23.2 Å². The van der Waals surface area contributed by atoms with Crippen LogP contribution < -0.4 is 5.32 Å². The van der Waals surface area contributed by atoms with E-state index < -0.39 is 30.6 Å². The summed E-state index contributed by atoms with van der Waals surface area (Å²) < 4.78 is 56.3. The highest BCUT2D eigenvalue weighted by molar-refractivity contribution is 5.65. The van der Waals surface area contributed by atoms with E-state index in [9.17, 15) is 17.6 Å².